The van der Waals surface area contributed by atoms with Gasteiger partial charge in [-0.2, -0.15) is 5.10 Å². The number of benzene rings is 4. The van der Waals surface area contributed by atoms with Gasteiger partial charge in [0.25, 0.3) is 17.4 Å². The van der Waals surface area contributed by atoms with E-state index in [1.165, 1.54) is 29.2 Å². The number of hydrogen-bond acceptors (Lipinski definition) is 7. The van der Waals surface area contributed by atoms with E-state index in [4.69, 9.17) is 0 Å². The van der Waals surface area contributed by atoms with Crippen molar-refractivity contribution < 1.29 is 27.6 Å². The molecule has 2 saturated heterocycles. The van der Waals surface area contributed by atoms with Crippen molar-refractivity contribution in [2.24, 2.45) is 5.92 Å². The lowest BCUT2D eigenvalue weighted by atomic mass is 9.95. The van der Waals surface area contributed by atoms with Gasteiger partial charge in [0.1, 0.15) is 23.0 Å². The Kier molecular flexibility index (Phi) is 12.4. The maximum absolute atomic E-state index is 15.0. The van der Waals surface area contributed by atoms with Gasteiger partial charge < -0.3 is 25.3 Å². The molecular weight excluding hydrogens is 736 g/mol. The Hall–Kier alpha value is -5.86. The smallest absolute Gasteiger partial charge is 0.272 e. The summed E-state index contributed by atoms with van der Waals surface area (Å²) in [6, 6.07) is 22.8. The minimum absolute atomic E-state index is 0.0509. The average Bonchev–Trinajstić information content (AvgIpc) is 3.23. The highest BCUT2D eigenvalue weighted by atomic mass is 19.1. The van der Waals surface area contributed by atoms with Crippen LogP contribution >= 0.6 is 0 Å². The van der Waals surface area contributed by atoms with E-state index in [1.54, 1.807) is 58.3 Å². The first-order valence-electron chi connectivity index (χ1n) is 19.2. The summed E-state index contributed by atoms with van der Waals surface area (Å²) in [7, 11) is 0. The largest absolute Gasteiger partial charge is 0.338 e. The van der Waals surface area contributed by atoms with Crippen molar-refractivity contribution in [1.29, 1.82) is 0 Å². The molecule has 11 nitrogen and oxygen atoms in total. The van der Waals surface area contributed by atoms with Gasteiger partial charge in [-0.25, -0.2) is 18.3 Å². The maximum atomic E-state index is 15.0. The summed E-state index contributed by atoms with van der Waals surface area (Å²) in [5.41, 5.74) is 1.46. The summed E-state index contributed by atoms with van der Waals surface area (Å²) in [6.07, 6.45) is 1.70. The molecule has 3 amide bonds. The van der Waals surface area contributed by atoms with Gasteiger partial charge >= 0.3 is 0 Å². The number of nitrogens with one attached hydrogen (secondary N) is 3. The third-order valence-electron chi connectivity index (χ3n) is 10.8. The van der Waals surface area contributed by atoms with E-state index < -0.39 is 34.8 Å². The molecule has 5 aromatic rings. The van der Waals surface area contributed by atoms with Gasteiger partial charge in [-0.3, -0.25) is 19.2 Å². The van der Waals surface area contributed by atoms with Crippen molar-refractivity contribution in [1.82, 2.24) is 35.5 Å². The van der Waals surface area contributed by atoms with Crippen molar-refractivity contribution in [3.05, 3.63) is 135 Å². The highest BCUT2D eigenvalue weighted by Gasteiger charge is 2.29. The molecule has 0 unspecified atom stereocenters. The first-order valence-corrected chi connectivity index (χ1v) is 19.2. The number of fused-ring (bicyclic) bond motifs is 1. The van der Waals surface area contributed by atoms with E-state index in [2.05, 4.69) is 20.8 Å². The Morgan fingerprint density at radius 2 is 1.32 bits per heavy atom. The number of piperidine rings is 1. The lowest BCUT2D eigenvalue weighted by Crippen LogP contribution is -2.52. The first kappa shape index (κ1) is 39.4. The summed E-state index contributed by atoms with van der Waals surface area (Å²) in [5, 5.41) is 14.4. The number of amides is 3. The normalized spacial score (nSPS) is 15.0. The van der Waals surface area contributed by atoms with Gasteiger partial charge in [-0.1, -0.05) is 54.6 Å². The number of piperazine rings is 1. The Morgan fingerprint density at radius 3 is 2.04 bits per heavy atom. The molecule has 2 aliphatic rings. The number of carbonyl (C=O) groups is 3. The minimum atomic E-state index is -0.867. The third kappa shape index (κ3) is 9.24. The molecule has 4 aromatic carbocycles. The lowest BCUT2D eigenvalue weighted by Gasteiger charge is -2.35. The van der Waals surface area contributed by atoms with E-state index in [0.717, 1.165) is 0 Å². The zero-order valence-corrected chi connectivity index (χ0v) is 31.4. The molecule has 0 saturated carbocycles. The topological polar surface area (TPSA) is 131 Å². The van der Waals surface area contributed by atoms with Gasteiger partial charge in [-0.15, -0.1) is 0 Å². The summed E-state index contributed by atoms with van der Waals surface area (Å²) in [6.45, 7) is 4.06. The van der Waals surface area contributed by atoms with E-state index in [1.807, 2.05) is 12.1 Å². The van der Waals surface area contributed by atoms with E-state index in [9.17, 15) is 32.3 Å². The van der Waals surface area contributed by atoms with E-state index >= 15 is 0 Å². The Morgan fingerprint density at radius 1 is 0.684 bits per heavy atom. The molecule has 0 atom stereocenters. The van der Waals surface area contributed by atoms with Crippen LogP contribution in [0, 0.1) is 23.4 Å². The number of aromatic amines is 1. The van der Waals surface area contributed by atoms with E-state index in [-0.39, 0.29) is 36.7 Å². The molecule has 2 fully saturated rings. The standard InChI is InChI=1S/C43H44F3N7O4/c44-35-11-10-29(23-38-32-8-4-5-9-33(32)41(55)50-49-38)22-34(35)42(56)53-20-18-51(19-21-53)39(54)27-48-15-14-47-26-28-12-16-52(17-13-28)43(57)40-36(45)24-31(25-37(40)46)30-6-2-1-3-7-30/h1-11,22,24-25,28,47-48H,12-21,23,26-27H2,(H,50,55). The van der Waals surface area contributed by atoms with Crippen LogP contribution in [0.25, 0.3) is 21.9 Å². The van der Waals surface area contributed by atoms with Crippen molar-refractivity contribution >= 4 is 28.5 Å². The van der Waals surface area contributed by atoms with Crippen molar-refractivity contribution in [2.45, 2.75) is 19.3 Å². The number of halogens is 3. The Balaban J connectivity index is 0.796. The lowest BCUT2D eigenvalue weighted by molar-refractivity contribution is -0.131. The van der Waals surface area contributed by atoms with Gasteiger partial charge in [0.2, 0.25) is 5.91 Å². The number of hydrogen-bond donors (Lipinski definition) is 3. The number of rotatable bonds is 12. The Labute approximate surface area is 327 Å². The van der Waals surface area contributed by atoms with Crippen molar-refractivity contribution in [3.63, 3.8) is 0 Å². The summed E-state index contributed by atoms with van der Waals surface area (Å²) >= 11 is 0. The second kappa shape index (κ2) is 17.9. The molecule has 3 heterocycles. The number of aromatic nitrogens is 2. The molecule has 57 heavy (non-hydrogen) atoms. The zero-order valence-electron chi connectivity index (χ0n) is 31.4. The van der Waals surface area contributed by atoms with E-state index in [0.29, 0.717) is 104 Å². The fourth-order valence-electron chi connectivity index (χ4n) is 7.54. The number of H-pyrrole nitrogens is 1. The number of carbonyl (C=O) groups excluding carboxylic acids is 3. The van der Waals surface area contributed by atoms with Crippen LogP contribution in [0.5, 0.6) is 0 Å². The third-order valence-corrected chi connectivity index (χ3v) is 10.8. The fraction of sp³-hybridized carbons (Fsp3) is 0.326. The molecule has 2 aliphatic heterocycles. The molecule has 3 N–H and O–H groups in total. The summed E-state index contributed by atoms with van der Waals surface area (Å²) < 4.78 is 44.8. The summed E-state index contributed by atoms with van der Waals surface area (Å²) in [5.74, 6) is -3.23. The van der Waals surface area contributed by atoms with Gasteiger partial charge in [0, 0.05) is 64.2 Å². The molecule has 296 valence electrons. The highest BCUT2D eigenvalue weighted by Crippen LogP contribution is 2.27. The highest BCUT2D eigenvalue weighted by molar-refractivity contribution is 5.96. The van der Waals surface area contributed by atoms with Crippen LogP contribution in [0.4, 0.5) is 13.2 Å². The van der Waals surface area contributed by atoms with Crippen LogP contribution in [0.2, 0.25) is 0 Å². The van der Waals surface area contributed by atoms with Crippen LogP contribution in [0.3, 0.4) is 0 Å². The zero-order chi connectivity index (χ0) is 39.9. The van der Waals surface area contributed by atoms with Gasteiger partial charge in [0.15, 0.2) is 0 Å². The molecule has 1 aromatic heterocycles. The minimum Gasteiger partial charge on any atom is -0.338 e. The molecular formula is C43H44F3N7O4. The molecule has 14 heteroatoms. The predicted octanol–water partition coefficient (Wildman–Crippen LogP) is 4.61. The second-order valence-corrected chi connectivity index (χ2v) is 14.5. The number of likely N-dealkylation sites (tertiary alicyclic amines) is 1. The summed E-state index contributed by atoms with van der Waals surface area (Å²) in [4.78, 5) is 56.3. The molecule has 0 spiro atoms. The van der Waals surface area contributed by atoms with Crippen LogP contribution in [0.15, 0.2) is 89.7 Å². The first-order chi connectivity index (χ1) is 27.7. The van der Waals surface area contributed by atoms with Crippen LogP contribution in [0.1, 0.15) is 44.8 Å². The van der Waals surface area contributed by atoms with Crippen molar-refractivity contribution in [2.75, 3.05) is 65.4 Å². The maximum Gasteiger partial charge on any atom is 0.272 e. The van der Waals surface area contributed by atoms with Gasteiger partial charge in [0.05, 0.1) is 23.2 Å². The van der Waals surface area contributed by atoms with Crippen LogP contribution in [-0.4, -0.2) is 108 Å². The van der Waals surface area contributed by atoms with Crippen LogP contribution in [-0.2, 0) is 11.2 Å². The average molecular weight is 780 g/mol. The Bertz CT molecular complexity index is 2280. The monoisotopic (exact) mass is 779 g/mol. The van der Waals surface area contributed by atoms with Crippen LogP contribution < -0.4 is 16.2 Å². The van der Waals surface area contributed by atoms with Gasteiger partial charge in [-0.05, 0) is 72.3 Å². The molecule has 7 rings (SSSR count). The predicted molar refractivity (Wildman–Crippen MR) is 210 cm³/mol. The quantitative estimate of drug-likeness (QED) is 0.158. The molecule has 0 aliphatic carbocycles. The fourth-order valence-corrected chi connectivity index (χ4v) is 7.54. The SMILES string of the molecule is O=C(CNCCNCC1CCN(C(=O)c2c(F)cc(-c3ccccc3)cc2F)CC1)N1CCN(C(=O)c2cc(Cc3n[nH]c(=O)c4ccccc34)ccc2F)CC1. The molecule has 0 bridgehead atoms. The van der Waals surface area contributed by atoms with Crippen molar-refractivity contribution in [3.8, 4) is 11.1 Å². The second-order valence-electron chi connectivity index (χ2n) is 14.5. The molecule has 0 radical (unpaired) electrons. The number of nitrogens with zero attached hydrogens (tertiary/aromatic N) is 4.